The Morgan fingerprint density at radius 3 is 2.81 bits per heavy atom. The number of hydrogen-bond donors (Lipinski definition) is 1. The van der Waals surface area contributed by atoms with Crippen molar-refractivity contribution < 1.29 is 9.66 Å². The van der Waals surface area contributed by atoms with Crippen LogP contribution in [-0.4, -0.2) is 16.5 Å². The Labute approximate surface area is 126 Å². The second-order valence-electron chi connectivity index (χ2n) is 4.26. The van der Waals surface area contributed by atoms with Crippen LogP contribution in [0.25, 0.3) is 0 Å². The molecule has 1 aromatic heterocycles. The standard InChI is InChI=1S/C14H14ClN3O3/c1-2-16-8-10-3-6-14(17-9-10)21-13-7-11(15)4-5-12(13)18(19)20/h3-7,9,16H,2,8H2,1H3. The number of hydrogen-bond acceptors (Lipinski definition) is 5. The lowest BCUT2D eigenvalue weighted by Crippen LogP contribution is -2.11. The number of benzene rings is 1. The van der Waals surface area contributed by atoms with Gasteiger partial charge in [0.05, 0.1) is 4.92 Å². The smallest absolute Gasteiger partial charge is 0.311 e. The number of nitrogens with zero attached hydrogens (tertiary/aromatic N) is 2. The van der Waals surface area contributed by atoms with Crippen LogP contribution in [0.4, 0.5) is 5.69 Å². The summed E-state index contributed by atoms with van der Waals surface area (Å²) in [6.45, 7) is 3.59. The van der Waals surface area contributed by atoms with Crippen molar-refractivity contribution in [1.82, 2.24) is 10.3 Å². The van der Waals surface area contributed by atoms with Crippen molar-refractivity contribution in [3.8, 4) is 11.6 Å². The van der Waals surface area contributed by atoms with E-state index >= 15 is 0 Å². The summed E-state index contributed by atoms with van der Waals surface area (Å²) >= 11 is 5.84. The molecule has 0 aliphatic rings. The Morgan fingerprint density at radius 1 is 1.38 bits per heavy atom. The van der Waals surface area contributed by atoms with Gasteiger partial charge < -0.3 is 10.1 Å². The molecule has 1 heterocycles. The lowest BCUT2D eigenvalue weighted by Gasteiger charge is -2.07. The van der Waals surface area contributed by atoms with Gasteiger partial charge >= 0.3 is 5.69 Å². The summed E-state index contributed by atoms with van der Waals surface area (Å²) in [5.41, 5.74) is 0.850. The number of nitro groups is 1. The van der Waals surface area contributed by atoms with Gasteiger partial charge in [-0.05, 0) is 18.2 Å². The van der Waals surface area contributed by atoms with Gasteiger partial charge in [-0.3, -0.25) is 10.1 Å². The van der Waals surface area contributed by atoms with E-state index in [-0.39, 0.29) is 17.3 Å². The Bertz CT molecular complexity index is 632. The molecule has 1 aromatic carbocycles. The quantitative estimate of drug-likeness (QED) is 0.652. The zero-order valence-corrected chi connectivity index (χ0v) is 12.1. The molecule has 0 unspecified atom stereocenters. The minimum absolute atomic E-state index is 0.0689. The van der Waals surface area contributed by atoms with Gasteiger partial charge in [0.1, 0.15) is 0 Å². The monoisotopic (exact) mass is 307 g/mol. The third-order valence-corrected chi connectivity index (χ3v) is 2.94. The molecule has 2 rings (SSSR count). The normalized spacial score (nSPS) is 10.4. The average molecular weight is 308 g/mol. The Morgan fingerprint density at radius 2 is 2.19 bits per heavy atom. The van der Waals surface area contributed by atoms with Crippen LogP contribution in [0.1, 0.15) is 12.5 Å². The first-order valence-electron chi connectivity index (χ1n) is 6.37. The van der Waals surface area contributed by atoms with Gasteiger partial charge in [-0.2, -0.15) is 0 Å². The SMILES string of the molecule is CCNCc1ccc(Oc2cc(Cl)ccc2[N+](=O)[O-])nc1. The van der Waals surface area contributed by atoms with Crippen LogP contribution in [-0.2, 0) is 6.54 Å². The van der Waals surface area contributed by atoms with Crippen molar-refractivity contribution in [2.45, 2.75) is 13.5 Å². The van der Waals surface area contributed by atoms with E-state index in [1.165, 1.54) is 18.2 Å². The summed E-state index contributed by atoms with van der Waals surface area (Å²) in [6, 6.07) is 7.66. The van der Waals surface area contributed by atoms with E-state index in [1.807, 2.05) is 13.0 Å². The molecule has 0 amide bonds. The fourth-order valence-electron chi connectivity index (χ4n) is 1.68. The highest BCUT2D eigenvalue weighted by atomic mass is 35.5. The Hall–Kier alpha value is -2.18. The van der Waals surface area contributed by atoms with Crippen LogP contribution in [0, 0.1) is 10.1 Å². The van der Waals surface area contributed by atoms with Crippen molar-refractivity contribution in [2.24, 2.45) is 0 Å². The second-order valence-corrected chi connectivity index (χ2v) is 4.69. The molecule has 0 atom stereocenters. The van der Waals surface area contributed by atoms with Crippen LogP contribution in [0.15, 0.2) is 36.5 Å². The van der Waals surface area contributed by atoms with Crippen molar-refractivity contribution in [2.75, 3.05) is 6.54 Å². The Kier molecular flexibility index (Phi) is 5.08. The number of rotatable bonds is 6. The lowest BCUT2D eigenvalue weighted by molar-refractivity contribution is -0.385. The molecule has 2 aromatic rings. The summed E-state index contributed by atoms with van der Waals surface area (Å²) in [4.78, 5) is 14.6. The van der Waals surface area contributed by atoms with Crippen molar-refractivity contribution in [3.63, 3.8) is 0 Å². The Balaban J connectivity index is 2.18. The molecule has 0 aliphatic heterocycles. The van der Waals surface area contributed by atoms with Crippen LogP contribution < -0.4 is 10.1 Å². The summed E-state index contributed by atoms with van der Waals surface area (Å²) in [7, 11) is 0. The van der Waals surface area contributed by atoms with E-state index in [0.717, 1.165) is 12.1 Å². The average Bonchev–Trinajstić information content (AvgIpc) is 2.46. The number of halogens is 1. The van der Waals surface area contributed by atoms with Crippen LogP contribution in [0.3, 0.4) is 0 Å². The molecule has 7 heteroatoms. The lowest BCUT2D eigenvalue weighted by atomic mass is 10.3. The molecular formula is C14H14ClN3O3. The molecule has 1 N–H and O–H groups in total. The van der Waals surface area contributed by atoms with Gasteiger partial charge in [0.25, 0.3) is 0 Å². The van der Waals surface area contributed by atoms with Crippen molar-refractivity contribution >= 4 is 17.3 Å². The fraction of sp³-hybridized carbons (Fsp3) is 0.214. The molecule has 21 heavy (non-hydrogen) atoms. The van der Waals surface area contributed by atoms with Gasteiger partial charge in [-0.25, -0.2) is 4.98 Å². The predicted octanol–water partition coefficient (Wildman–Crippen LogP) is 3.55. The second kappa shape index (κ2) is 7.01. The maximum atomic E-state index is 10.9. The number of nitrogens with one attached hydrogen (secondary N) is 1. The van der Waals surface area contributed by atoms with Crippen LogP contribution in [0.2, 0.25) is 5.02 Å². The van der Waals surface area contributed by atoms with Gasteiger partial charge in [0.15, 0.2) is 0 Å². The summed E-state index contributed by atoms with van der Waals surface area (Å²) < 4.78 is 5.45. The summed E-state index contributed by atoms with van der Waals surface area (Å²) in [5.74, 6) is 0.347. The van der Waals surface area contributed by atoms with Gasteiger partial charge in [-0.15, -0.1) is 0 Å². The van der Waals surface area contributed by atoms with Crippen LogP contribution >= 0.6 is 11.6 Å². The van der Waals surface area contributed by atoms with E-state index < -0.39 is 4.92 Å². The van der Waals surface area contributed by atoms with Gasteiger partial charge in [0, 0.05) is 36.0 Å². The number of nitro benzene ring substituents is 1. The van der Waals surface area contributed by atoms with Crippen LogP contribution in [0.5, 0.6) is 11.6 Å². The molecule has 110 valence electrons. The first-order chi connectivity index (χ1) is 10.1. The summed E-state index contributed by atoms with van der Waals surface area (Å²) in [6.07, 6.45) is 1.66. The molecule has 0 fully saturated rings. The molecular weight excluding hydrogens is 294 g/mol. The zero-order chi connectivity index (χ0) is 15.2. The van der Waals surface area contributed by atoms with E-state index in [9.17, 15) is 10.1 Å². The number of ether oxygens (including phenoxy) is 1. The summed E-state index contributed by atoms with van der Waals surface area (Å²) in [5, 5.41) is 14.5. The largest absolute Gasteiger partial charge is 0.432 e. The van der Waals surface area contributed by atoms with Crippen molar-refractivity contribution in [1.29, 1.82) is 0 Å². The third kappa shape index (κ3) is 4.14. The number of aromatic nitrogens is 1. The van der Waals surface area contributed by atoms with E-state index in [2.05, 4.69) is 10.3 Å². The highest BCUT2D eigenvalue weighted by Gasteiger charge is 2.16. The van der Waals surface area contributed by atoms with E-state index in [0.29, 0.717) is 11.6 Å². The molecule has 0 radical (unpaired) electrons. The maximum Gasteiger partial charge on any atom is 0.311 e. The minimum atomic E-state index is -0.523. The molecule has 6 nitrogen and oxygen atoms in total. The zero-order valence-electron chi connectivity index (χ0n) is 11.4. The molecule has 0 saturated carbocycles. The highest BCUT2D eigenvalue weighted by Crippen LogP contribution is 2.32. The highest BCUT2D eigenvalue weighted by molar-refractivity contribution is 6.30. The molecule has 0 spiro atoms. The first kappa shape index (κ1) is 15.2. The minimum Gasteiger partial charge on any atom is -0.432 e. The maximum absolute atomic E-state index is 10.9. The topological polar surface area (TPSA) is 77.3 Å². The molecule has 0 saturated heterocycles. The fourth-order valence-corrected chi connectivity index (χ4v) is 1.84. The predicted molar refractivity (Wildman–Crippen MR) is 79.8 cm³/mol. The third-order valence-electron chi connectivity index (χ3n) is 2.71. The first-order valence-corrected chi connectivity index (χ1v) is 6.75. The van der Waals surface area contributed by atoms with E-state index in [4.69, 9.17) is 16.3 Å². The molecule has 0 bridgehead atoms. The van der Waals surface area contributed by atoms with Gasteiger partial charge in [-0.1, -0.05) is 24.6 Å². The molecule has 0 aliphatic carbocycles. The number of pyridine rings is 1. The van der Waals surface area contributed by atoms with E-state index in [1.54, 1.807) is 12.3 Å². The van der Waals surface area contributed by atoms with Crippen molar-refractivity contribution in [3.05, 3.63) is 57.2 Å². The van der Waals surface area contributed by atoms with Gasteiger partial charge in [0.2, 0.25) is 11.6 Å².